The summed E-state index contributed by atoms with van der Waals surface area (Å²) in [5.41, 5.74) is 6.21. The first kappa shape index (κ1) is 24.2. The number of sulfonamides is 1. The monoisotopic (exact) mass is 494 g/mol. The largest absolute Gasteiger partial charge is 0.457 e. The minimum absolute atomic E-state index is 0.00563. The molecule has 0 radical (unpaired) electrons. The predicted molar refractivity (Wildman–Crippen MR) is 131 cm³/mol. The van der Waals surface area contributed by atoms with E-state index < -0.39 is 15.9 Å². The standard InChI is InChI=1S/C25H26N4O5S/c1-27-18-22(17-23(27)25(26)31)35(32,33)29-14-12-28(13-15-29)24(30)11-10-19-6-5-9-21(16-19)34-20-7-3-2-4-8-20/h2-11,16-18H,12-15H2,1H3,(H2,26,31)/b11-10+. The molecule has 1 aliphatic heterocycles. The Hall–Kier alpha value is -3.89. The summed E-state index contributed by atoms with van der Waals surface area (Å²) >= 11 is 0. The van der Waals surface area contributed by atoms with Gasteiger partial charge in [-0.2, -0.15) is 4.31 Å². The van der Waals surface area contributed by atoms with Crippen LogP contribution in [0.25, 0.3) is 6.08 Å². The van der Waals surface area contributed by atoms with E-state index in [0.717, 1.165) is 11.3 Å². The molecule has 2 amide bonds. The molecule has 0 unspecified atom stereocenters. The summed E-state index contributed by atoms with van der Waals surface area (Å²) in [6, 6.07) is 18.1. The molecule has 3 aromatic rings. The lowest BCUT2D eigenvalue weighted by molar-refractivity contribution is -0.127. The summed E-state index contributed by atoms with van der Waals surface area (Å²) in [5, 5.41) is 0. The highest BCUT2D eigenvalue weighted by Gasteiger charge is 2.31. The molecular formula is C25H26N4O5S. The molecule has 9 nitrogen and oxygen atoms in total. The highest BCUT2D eigenvalue weighted by atomic mass is 32.2. The number of ether oxygens (including phenoxy) is 1. The van der Waals surface area contributed by atoms with Gasteiger partial charge in [-0.1, -0.05) is 30.3 Å². The predicted octanol–water partition coefficient (Wildman–Crippen LogP) is 2.46. The Morgan fingerprint density at radius 3 is 2.29 bits per heavy atom. The average molecular weight is 495 g/mol. The molecule has 2 heterocycles. The van der Waals surface area contributed by atoms with Crippen molar-refractivity contribution in [3.05, 3.63) is 84.2 Å². The van der Waals surface area contributed by atoms with Crippen molar-refractivity contribution in [2.24, 2.45) is 12.8 Å². The first-order valence-electron chi connectivity index (χ1n) is 11.0. The van der Waals surface area contributed by atoms with Crippen molar-refractivity contribution in [2.45, 2.75) is 4.90 Å². The van der Waals surface area contributed by atoms with Crippen LogP contribution in [-0.2, 0) is 21.9 Å². The average Bonchev–Trinajstić information content (AvgIpc) is 3.26. The number of primary amides is 1. The zero-order valence-corrected chi connectivity index (χ0v) is 20.0. The van der Waals surface area contributed by atoms with Gasteiger partial charge >= 0.3 is 0 Å². The van der Waals surface area contributed by atoms with Gasteiger partial charge in [0, 0.05) is 45.5 Å². The van der Waals surface area contributed by atoms with Gasteiger partial charge < -0.3 is 19.9 Å². The van der Waals surface area contributed by atoms with Crippen LogP contribution in [0.3, 0.4) is 0 Å². The second kappa shape index (κ2) is 10.2. The van der Waals surface area contributed by atoms with Gasteiger partial charge in [-0.25, -0.2) is 8.42 Å². The van der Waals surface area contributed by atoms with Crippen LogP contribution in [0.2, 0.25) is 0 Å². The van der Waals surface area contributed by atoms with Crippen LogP contribution in [0.15, 0.2) is 77.8 Å². The van der Waals surface area contributed by atoms with Gasteiger partial charge in [-0.15, -0.1) is 0 Å². The number of para-hydroxylation sites is 1. The molecular weight excluding hydrogens is 468 g/mol. The van der Waals surface area contributed by atoms with Crippen molar-refractivity contribution in [1.29, 1.82) is 0 Å². The normalized spacial score (nSPS) is 14.8. The zero-order valence-electron chi connectivity index (χ0n) is 19.2. The molecule has 1 saturated heterocycles. The molecule has 35 heavy (non-hydrogen) atoms. The molecule has 0 spiro atoms. The van der Waals surface area contributed by atoms with Crippen LogP contribution in [0, 0.1) is 0 Å². The molecule has 2 N–H and O–H groups in total. The molecule has 4 rings (SSSR count). The van der Waals surface area contributed by atoms with E-state index in [1.165, 1.54) is 27.2 Å². The lowest BCUT2D eigenvalue weighted by Gasteiger charge is -2.33. The van der Waals surface area contributed by atoms with Crippen molar-refractivity contribution < 1.29 is 22.7 Å². The number of hydrogen-bond donors (Lipinski definition) is 1. The van der Waals surface area contributed by atoms with Gasteiger partial charge in [-0.3, -0.25) is 9.59 Å². The molecule has 1 aromatic heterocycles. The van der Waals surface area contributed by atoms with Gasteiger partial charge in [0.2, 0.25) is 15.9 Å². The maximum absolute atomic E-state index is 13.0. The quantitative estimate of drug-likeness (QED) is 0.507. The van der Waals surface area contributed by atoms with E-state index in [-0.39, 0.29) is 42.7 Å². The van der Waals surface area contributed by atoms with Gasteiger partial charge in [0.25, 0.3) is 5.91 Å². The van der Waals surface area contributed by atoms with E-state index in [0.29, 0.717) is 5.75 Å². The summed E-state index contributed by atoms with van der Waals surface area (Å²) in [6.07, 6.45) is 4.55. The van der Waals surface area contributed by atoms with Gasteiger partial charge in [0.15, 0.2) is 0 Å². The lowest BCUT2D eigenvalue weighted by Crippen LogP contribution is -2.50. The number of rotatable bonds is 7. The van der Waals surface area contributed by atoms with Crippen LogP contribution in [-0.4, -0.2) is 60.2 Å². The fraction of sp³-hybridized carbons (Fsp3) is 0.200. The maximum atomic E-state index is 13.0. The second-order valence-electron chi connectivity index (χ2n) is 8.09. The highest BCUT2D eigenvalue weighted by molar-refractivity contribution is 7.89. The SMILES string of the molecule is Cn1cc(S(=O)(=O)N2CCN(C(=O)/C=C/c3cccc(Oc4ccccc4)c3)CC2)cc1C(N)=O. The molecule has 0 atom stereocenters. The number of piperazine rings is 1. The number of nitrogens with zero attached hydrogens (tertiary/aromatic N) is 3. The Bertz CT molecular complexity index is 1360. The molecule has 0 aliphatic carbocycles. The number of aryl methyl sites for hydroxylation is 1. The van der Waals surface area contributed by atoms with Crippen molar-refractivity contribution in [1.82, 2.24) is 13.8 Å². The number of amides is 2. The number of aromatic nitrogens is 1. The van der Waals surface area contributed by atoms with Crippen molar-refractivity contribution in [2.75, 3.05) is 26.2 Å². The first-order chi connectivity index (χ1) is 16.7. The van der Waals surface area contributed by atoms with Gasteiger partial charge in [0.05, 0.1) is 0 Å². The molecule has 0 bridgehead atoms. The Kier molecular flexibility index (Phi) is 7.04. The third-order valence-electron chi connectivity index (χ3n) is 5.68. The summed E-state index contributed by atoms with van der Waals surface area (Å²) in [5.74, 6) is 0.476. The Balaban J connectivity index is 1.36. The smallest absolute Gasteiger partial charge is 0.265 e. The van der Waals surface area contributed by atoms with E-state index in [1.807, 2.05) is 54.6 Å². The number of carbonyl (C=O) groups excluding carboxylic acids is 2. The van der Waals surface area contributed by atoms with Crippen LogP contribution in [0.5, 0.6) is 11.5 Å². The number of carbonyl (C=O) groups is 2. The van der Waals surface area contributed by atoms with E-state index in [9.17, 15) is 18.0 Å². The summed E-state index contributed by atoms with van der Waals surface area (Å²) in [4.78, 5) is 25.7. The molecule has 0 saturated carbocycles. The Morgan fingerprint density at radius 2 is 1.63 bits per heavy atom. The van der Waals surface area contributed by atoms with Crippen molar-refractivity contribution >= 4 is 27.9 Å². The minimum Gasteiger partial charge on any atom is -0.457 e. The van der Waals surface area contributed by atoms with Crippen LogP contribution in [0.1, 0.15) is 16.1 Å². The highest BCUT2D eigenvalue weighted by Crippen LogP contribution is 2.23. The van der Waals surface area contributed by atoms with Crippen LogP contribution < -0.4 is 10.5 Å². The van der Waals surface area contributed by atoms with Crippen molar-refractivity contribution in [3.63, 3.8) is 0 Å². The minimum atomic E-state index is -3.80. The first-order valence-corrected chi connectivity index (χ1v) is 12.4. The van der Waals surface area contributed by atoms with E-state index >= 15 is 0 Å². The van der Waals surface area contributed by atoms with Crippen molar-refractivity contribution in [3.8, 4) is 11.5 Å². The third-order valence-corrected chi connectivity index (χ3v) is 7.54. The molecule has 2 aromatic carbocycles. The molecule has 1 aliphatic rings. The fourth-order valence-electron chi connectivity index (χ4n) is 3.80. The topological polar surface area (TPSA) is 115 Å². The second-order valence-corrected chi connectivity index (χ2v) is 10.0. The maximum Gasteiger partial charge on any atom is 0.265 e. The Labute approximate surface area is 204 Å². The molecule has 10 heteroatoms. The van der Waals surface area contributed by atoms with E-state index in [2.05, 4.69) is 0 Å². The van der Waals surface area contributed by atoms with Gasteiger partial charge in [-0.05, 0) is 42.0 Å². The molecule has 182 valence electrons. The zero-order chi connectivity index (χ0) is 25.0. The Morgan fingerprint density at radius 1 is 0.943 bits per heavy atom. The molecule has 1 fully saturated rings. The fourth-order valence-corrected chi connectivity index (χ4v) is 5.29. The number of benzene rings is 2. The van der Waals surface area contributed by atoms with E-state index in [4.69, 9.17) is 10.5 Å². The van der Waals surface area contributed by atoms with Gasteiger partial charge in [0.1, 0.15) is 22.1 Å². The number of nitrogens with two attached hydrogens (primary N) is 1. The summed E-state index contributed by atoms with van der Waals surface area (Å²) in [7, 11) is -2.24. The number of hydrogen-bond acceptors (Lipinski definition) is 5. The van der Waals surface area contributed by atoms with Crippen LogP contribution in [0.4, 0.5) is 0 Å². The van der Waals surface area contributed by atoms with E-state index in [1.54, 1.807) is 18.0 Å². The summed E-state index contributed by atoms with van der Waals surface area (Å²) < 4.78 is 34.4. The lowest BCUT2D eigenvalue weighted by atomic mass is 10.2. The summed E-state index contributed by atoms with van der Waals surface area (Å²) in [6.45, 7) is 0.830. The van der Waals surface area contributed by atoms with Crippen LogP contribution >= 0.6 is 0 Å². The third kappa shape index (κ3) is 5.61.